The molecule has 16 heavy (non-hydrogen) atoms. The molecule has 82 valence electrons. The number of rotatable bonds is 3. The molecule has 0 fully saturated rings. The van der Waals surface area contributed by atoms with E-state index < -0.39 is 0 Å². The molecule has 1 heterocycles. The van der Waals surface area contributed by atoms with Gasteiger partial charge >= 0.3 is 0 Å². The number of nitrogens with zero attached hydrogens (tertiary/aromatic N) is 2. The Kier molecular flexibility index (Phi) is 3.34. The molecule has 2 rings (SSSR count). The van der Waals surface area contributed by atoms with Gasteiger partial charge in [0.15, 0.2) is 0 Å². The molecular weight excluding hydrogens is 224 g/mol. The molecule has 0 spiro atoms. The van der Waals surface area contributed by atoms with E-state index in [4.69, 9.17) is 17.4 Å². The molecule has 3 N–H and O–H groups in total. The highest BCUT2D eigenvalue weighted by molar-refractivity contribution is 6.31. The number of nitrogens with two attached hydrogens (primary N) is 1. The zero-order chi connectivity index (χ0) is 11.4. The lowest BCUT2D eigenvalue weighted by atomic mass is 10.1. The van der Waals surface area contributed by atoms with Crippen LogP contribution in [0.5, 0.6) is 0 Å². The van der Waals surface area contributed by atoms with Crippen LogP contribution in [-0.2, 0) is 6.42 Å². The first-order valence-electron chi connectivity index (χ1n) is 4.81. The van der Waals surface area contributed by atoms with Gasteiger partial charge in [-0.2, -0.15) is 0 Å². The fourth-order valence-corrected chi connectivity index (χ4v) is 1.58. The summed E-state index contributed by atoms with van der Waals surface area (Å²) in [5, 5.41) is 0.720. The maximum absolute atomic E-state index is 6.05. The van der Waals surface area contributed by atoms with Gasteiger partial charge in [0.05, 0.1) is 0 Å². The van der Waals surface area contributed by atoms with Crippen LogP contribution in [0.25, 0.3) is 0 Å². The largest absolute Gasteiger partial charge is 0.308 e. The second kappa shape index (κ2) is 4.92. The third-order valence-electron chi connectivity index (χ3n) is 2.16. The normalized spacial score (nSPS) is 10.1. The Labute approximate surface area is 98.5 Å². The molecule has 0 aliphatic carbocycles. The van der Waals surface area contributed by atoms with Gasteiger partial charge in [-0.1, -0.05) is 29.8 Å². The number of nitrogens with one attached hydrogen (secondary N) is 1. The lowest BCUT2D eigenvalue weighted by Gasteiger charge is -2.04. The summed E-state index contributed by atoms with van der Waals surface area (Å²) >= 11 is 6.05. The topological polar surface area (TPSA) is 63.8 Å². The summed E-state index contributed by atoms with van der Waals surface area (Å²) < 4.78 is 0. The number of hydrogen-bond donors (Lipinski definition) is 2. The summed E-state index contributed by atoms with van der Waals surface area (Å²) in [5.74, 6) is 6.55. The van der Waals surface area contributed by atoms with Crippen LogP contribution >= 0.6 is 11.6 Å². The predicted molar refractivity (Wildman–Crippen MR) is 64.1 cm³/mol. The number of anilines is 1. The number of hydrazine groups is 1. The maximum atomic E-state index is 6.05. The first-order chi connectivity index (χ1) is 7.79. The fourth-order valence-electron chi connectivity index (χ4n) is 1.38. The van der Waals surface area contributed by atoms with E-state index in [1.165, 1.54) is 0 Å². The van der Waals surface area contributed by atoms with Crippen molar-refractivity contribution in [3.05, 3.63) is 52.9 Å². The van der Waals surface area contributed by atoms with Gasteiger partial charge in [0, 0.05) is 23.7 Å². The average molecular weight is 235 g/mol. The van der Waals surface area contributed by atoms with Crippen molar-refractivity contribution in [1.29, 1.82) is 0 Å². The van der Waals surface area contributed by atoms with E-state index in [1.807, 2.05) is 24.3 Å². The van der Waals surface area contributed by atoms with E-state index in [9.17, 15) is 0 Å². The van der Waals surface area contributed by atoms with Gasteiger partial charge < -0.3 is 5.43 Å². The summed E-state index contributed by atoms with van der Waals surface area (Å²) in [5.41, 5.74) is 3.48. The summed E-state index contributed by atoms with van der Waals surface area (Å²) in [6, 6.07) is 9.34. The Morgan fingerprint density at radius 1 is 1.25 bits per heavy atom. The van der Waals surface area contributed by atoms with Gasteiger partial charge in [0.25, 0.3) is 0 Å². The molecule has 0 bridgehead atoms. The van der Waals surface area contributed by atoms with Crippen LogP contribution < -0.4 is 11.3 Å². The van der Waals surface area contributed by atoms with Crippen molar-refractivity contribution in [2.75, 3.05) is 5.43 Å². The molecule has 5 heteroatoms. The Balaban J connectivity index is 2.24. The van der Waals surface area contributed by atoms with E-state index in [0.717, 1.165) is 10.6 Å². The number of nitrogen functional groups attached to an aromatic ring is 1. The van der Waals surface area contributed by atoms with Crippen molar-refractivity contribution in [3.8, 4) is 0 Å². The predicted octanol–water partition coefficient (Wildman–Crippen LogP) is 2.01. The number of halogens is 1. The van der Waals surface area contributed by atoms with Gasteiger partial charge in [-0.05, 0) is 11.6 Å². The smallest absolute Gasteiger partial charge is 0.143 e. The van der Waals surface area contributed by atoms with Crippen LogP contribution in [0.1, 0.15) is 11.4 Å². The molecule has 0 saturated carbocycles. The van der Waals surface area contributed by atoms with Crippen molar-refractivity contribution in [3.63, 3.8) is 0 Å². The first kappa shape index (κ1) is 10.9. The standard InChI is InChI=1S/C11H11ClN4/c12-9-4-2-1-3-8(9)7-11-14-6-5-10(15-11)16-13/h1-6H,7,13H2,(H,14,15,16). The summed E-state index contributed by atoms with van der Waals surface area (Å²) in [4.78, 5) is 8.38. The van der Waals surface area contributed by atoms with Gasteiger partial charge in [0.2, 0.25) is 0 Å². The van der Waals surface area contributed by atoms with E-state index >= 15 is 0 Å². The molecule has 1 aromatic heterocycles. The molecule has 0 unspecified atom stereocenters. The quantitative estimate of drug-likeness (QED) is 0.630. The van der Waals surface area contributed by atoms with Crippen molar-refractivity contribution >= 4 is 17.4 Å². The van der Waals surface area contributed by atoms with Crippen LogP contribution in [0.4, 0.5) is 5.82 Å². The van der Waals surface area contributed by atoms with Crippen molar-refractivity contribution in [2.24, 2.45) is 5.84 Å². The Bertz CT molecular complexity index is 487. The highest BCUT2D eigenvalue weighted by Gasteiger charge is 2.03. The molecule has 0 radical (unpaired) electrons. The molecule has 0 atom stereocenters. The maximum Gasteiger partial charge on any atom is 0.143 e. The molecule has 4 nitrogen and oxygen atoms in total. The number of aromatic nitrogens is 2. The molecule has 2 aromatic rings. The van der Waals surface area contributed by atoms with Crippen LogP contribution in [-0.4, -0.2) is 9.97 Å². The highest BCUT2D eigenvalue weighted by Crippen LogP contribution is 2.17. The molecule has 0 aliphatic rings. The molecule has 0 amide bonds. The van der Waals surface area contributed by atoms with Crippen LogP contribution in [0.15, 0.2) is 36.5 Å². The van der Waals surface area contributed by atoms with Gasteiger partial charge in [-0.25, -0.2) is 15.8 Å². The average Bonchev–Trinajstić information content (AvgIpc) is 2.32. The Hall–Kier alpha value is -1.65. The second-order valence-electron chi connectivity index (χ2n) is 3.27. The summed E-state index contributed by atoms with van der Waals surface area (Å²) in [7, 11) is 0. The highest BCUT2D eigenvalue weighted by atomic mass is 35.5. The third kappa shape index (κ3) is 2.48. The monoisotopic (exact) mass is 234 g/mol. The van der Waals surface area contributed by atoms with Gasteiger partial charge in [-0.15, -0.1) is 0 Å². The zero-order valence-corrected chi connectivity index (χ0v) is 9.28. The Morgan fingerprint density at radius 2 is 2.06 bits per heavy atom. The minimum Gasteiger partial charge on any atom is -0.308 e. The summed E-state index contributed by atoms with van der Waals surface area (Å²) in [6.07, 6.45) is 2.25. The van der Waals surface area contributed by atoms with E-state index in [1.54, 1.807) is 12.3 Å². The van der Waals surface area contributed by atoms with Crippen molar-refractivity contribution in [2.45, 2.75) is 6.42 Å². The lowest BCUT2D eigenvalue weighted by Crippen LogP contribution is -2.10. The second-order valence-corrected chi connectivity index (χ2v) is 3.68. The minimum atomic E-state index is 0.592. The molecule has 0 aliphatic heterocycles. The lowest BCUT2D eigenvalue weighted by molar-refractivity contribution is 0.965. The number of benzene rings is 1. The van der Waals surface area contributed by atoms with E-state index in [0.29, 0.717) is 18.1 Å². The minimum absolute atomic E-state index is 0.592. The Morgan fingerprint density at radius 3 is 2.81 bits per heavy atom. The van der Waals surface area contributed by atoms with Crippen molar-refractivity contribution < 1.29 is 0 Å². The SMILES string of the molecule is NNc1ccnc(Cc2ccccc2Cl)n1. The first-order valence-corrected chi connectivity index (χ1v) is 5.19. The molecule has 1 aromatic carbocycles. The molecular formula is C11H11ClN4. The van der Waals surface area contributed by atoms with Crippen LogP contribution in [0, 0.1) is 0 Å². The summed E-state index contributed by atoms with van der Waals surface area (Å²) in [6.45, 7) is 0. The fraction of sp³-hybridized carbons (Fsp3) is 0.0909. The zero-order valence-electron chi connectivity index (χ0n) is 8.52. The number of hydrogen-bond acceptors (Lipinski definition) is 4. The molecule has 0 saturated heterocycles. The van der Waals surface area contributed by atoms with Crippen molar-refractivity contribution in [1.82, 2.24) is 9.97 Å². The van der Waals surface area contributed by atoms with Gasteiger partial charge in [-0.3, -0.25) is 0 Å². The van der Waals surface area contributed by atoms with Crippen LogP contribution in [0.3, 0.4) is 0 Å². The van der Waals surface area contributed by atoms with E-state index in [2.05, 4.69) is 15.4 Å². The van der Waals surface area contributed by atoms with Crippen LogP contribution in [0.2, 0.25) is 5.02 Å². The third-order valence-corrected chi connectivity index (χ3v) is 2.53. The van der Waals surface area contributed by atoms with E-state index in [-0.39, 0.29) is 0 Å². The van der Waals surface area contributed by atoms with Gasteiger partial charge in [0.1, 0.15) is 11.6 Å².